The van der Waals surface area contributed by atoms with E-state index in [-0.39, 0.29) is 5.56 Å². The fourth-order valence-corrected chi connectivity index (χ4v) is 1.16. The van der Waals surface area contributed by atoms with Crippen molar-refractivity contribution in [3.05, 3.63) is 27.9 Å². The Hall–Kier alpha value is -1.12. The lowest BCUT2D eigenvalue weighted by Gasteiger charge is -2.05. The van der Waals surface area contributed by atoms with Crippen molar-refractivity contribution in [1.29, 1.82) is 0 Å². The number of nitrogens with zero attached hydrogens (tertiary/aromatic N) is 2. The summed E-state index contributed by atoms with van der Waals surface area (Å²) in [5, 5.41) is 0. The van der Waals surface area contributed by atoms with Gasteiger partial charge in [-0.2, -0.15) is 0 Å². The van der Waals surface area contributed by atoms with E-state index in [2.05, 4.69) is 11.9 Å². The molecule has 0 bridgehead atoms. The molecule has 0 atom stereocenters. The second-order valence-electron chi connectivity index (χ2n) is 2.96. The predicted octanol–water partition coefficient (Wildman–Crippen LogP) is 1.04. The maximum Gasteiger partial charge on any atom is 0.253 e. The van der Waals surface area contributed by atoms with Crippen LogP contribution in [0, 0.1) is 6.92 Å². The standard InChI is InChI=1S/C9H14N2O/c1-4-5-8-10-7(2)6-9(12)11(8)3/h6H,4-5H2,1-3H3. The van der Waals surface area contributed by atoms with Crippen molar-refractivity contribution < 1.29 is 0 Å². The molecule has 66 valence electrons. The molecule has 1 rings (SSSR count). The van der Waals surface area contributed by atoms with Crippen molar-refractivity contribution in [1.82, 2.24) is 9.55 Å². The molecule has 0 saturated heterocycles. The van der Waals surface area contributed by atoms with Crippen molar-refractivity contribution >= 4 is 0 Å². The molecular weight excluding hydrogens is 152 g/mol. The summed E-state index contributed by atoms with van der Waals surface area (Å²) in [6.07, 6.45) is 1.89. The predicted molar refractivity (Wildman–Crippen MR) is 48.2 cm³/mol. The third-order valence-electron chi connectivity index (χ3n) is 1.83. The van der Waals surface area contributed by atoms with Crippen LogP contribution in [0.25, 0.3) is 0 Å². The second-order valence-corrected chi connectivity index (χ2v) is 2.96. The van der Waals surface area contributed by atoms with Crippen LogP contribution in [0.2, 0.25) is 0 Å². The average molecular weight is 166 g/mol. The van der Waals surface area contributed by atoms with Gasteiger partial charge in [-0.05, 0) is 13.3 Å². The summed E-state index contributed by atoms with van der Waals surface area (Å²) in [6.45, 7) is 3.93. The van der Waals surface area contributed by atoms with Crippen LogP contribution in [-0.4, -0.2) is 9.55 Å². The van der Waals surface area contributed by atoms with E-state index in [0.717, 1.165) is 24.4 Å². The molecule has 1 heterocycles. The zero-order chi connectivity index (χ0) is 9.14. The first-order valence-corrected chi connectivity index (χ1v) is 4.18. The first kappa shape index (κ1) is 8.97. The molecule has 0 aliphatic carbocycles. The SMILES string of the molecule is CCCc1nc(C)cc(=O)n1C. The van der Waals surface area contributed by atoms with E-state index in [1.54, 1.807) is 17.7 Å². The van der Waals surface area contributed by atoms with Crippen LogP contribution in [0.5, 0.6) is 0 Å². The highest BCUT2D eigenvalue weighted by molar-refractivity contribution is 5.02. The average Bonchev–Trinajstić information content (AvgIpc) is 2.00. The topological polar surface area (TPSA) is 34.9 Å². The number of hydrogen-bond donors (Lipinski definition) is 0. The molecule has 0 N–H and O–H groups in total. The second kappa shape index (κ2) is 3.52. The molecule has 1 aromatic heterocycles. The zero-order valence-corrected chi connectivity index (χ0v) is 7.79. The van der Waals surface area contributed by atoms with E-state index < -0.39 is 0 Å². The lowest BCUT2D eigenvalue weighted by molar-refractivity contribution is 0.697. The monoisotopic (exact) mass is 166 g/mol. The zero-order valence-electron chi connectivity index (χ0n) is 7.79. The molecule has 12 heavy (non-hydrogen) atoms. The van der Waals surface area contributed by atoms with Crippen molar-refractivity contribution in [2.75, 3.05) is 0 Å². The molecule has 0 spiro atoms. The summed E-state index contributed by atoms with van der Waals surface area (Å²) in [7, 11) is 1.76. The Balaban J connectivity index is 3.18. The molecule has 0 fully saturated rings. The normalized spacial score (nSPS) is 10.2. The van der Waals surface area contributed by atoms with E-state index in [1.807, 2.05) is 6.92 Å². The van der Waals surface area contributed by atoms with E-state index in [4.69, 9.17) is 0 Å². The van der Waals surface area contributed by atoms with Gasteiger partial charge in [-0.1, -0.05) is 6.92 Å². The first-order valence-electron chi connectivity index (χ1n) is 4.18. The summed E-state index contributed by atoms with van der Waals surface area (Å²) in [5.41, 5.74) is 0.840. The van der Waals surface area contributed by atoms with Gasteiger partial charge in [0.15, 0.2) is 0 Å². The van der Waals surface area contributed by atoms with Gasteiger partial charge in [-0.15, -0.1) is 0 Å². The Kier molecular flexibility index (Phi) is 2.63. The molecule has 0 radical (unpaired) electrons. The molecule has 0 aliphatic heterocycles. The Morgan fingerprint density at radius 2 is 2.25 bits per heavy atom. The van der Waals surface area contributed by atoms with Gasteiger partial charge in [0, 0.05) is 25.2 Å². The van der Waals surface area contributed by atoms with Gasteiger partial charge < -0.3 is 0 Å². The minimum absolute atomic E-state index is 0.0333. The van der Waals surface area contributed by atoms with Gasteiger partial charge in [0.2, 0.25) is 0 Å². The Bertz CT molecular complexity index is 328. The summed E-state index contributed by atoms with van der Waals surface area (Å²) in [5.74, 6) is 0.877. The van der Waals surface area contributed by atoms with Crippen LogP contribution in [-0.2, 0) is 13.5 Å². The lowest BCUT2D eigenvalue weighted by atomic mass is 10.3. The summed E-state index contributed by atoms with van der Waals surface area (Å²) in [4.78, 5) is 15.5. The maximum absolute atomic E-state index is 11.3. The molecule has 0 amide bonds. The highest BCUT2D eigenvalue weighted by Gasteiger charge is 2.00. The Morgan fingerprint density at radius 1 is 1.58 bits per heavy atom. The summed E-state index contributed by atoms with van der Waals surface area (Å²) in [6, 6.07) is 1.55. The minimum Gasteiger partial charge on any atom is -0.300 e. The minimum atomic E-state index is 0.0333. The molecule has 0 aromatic carbocycles. The van der Waals surface area contributed by atoms with E-state index in [0.29, 0.717) is 0 Å². The highest BCUT2D eigenvalue weighted by Crippen LogP contribution is 1.96. The van der Waals surface area contributed by atoms with Gasteiger partial charge in [-0.25, -0.2) is 4.98 Å². The molecule has 3 heteroatoms. The summed E-state index contributed by atoms with van der Waals surface area (Å²) < 4.78 is 1.61. The van der Waals surface area contributed by atoms with Crippen molar-refractivity contribution in [3.8, 4) is 0 Å². The Labute approximate surface area is 72.1 Å². The molecule has 0 saturated carbocycles. The highest BCUT2D eigenvalue weighted by atomic mass is 16.1. The lowest BCUT2D eigenvalue weighted by Crippen LogP contribution is -2.21. The van der Waals surface area contributed by atoms with Crippen molar-refractivity contribution in [2.45, 2.75) is 26.7 Å². The Morgan fingerprint density at radius 3 is 2.83 bits per heavy atom. The quantitative estimate of drug-likeness (QED) is 0.658. The van der Waals surface area contributed by atoms with E-state index in [9.17, 15) is 4.79 Å². The van der Waals surface area contributed by atoms with Gasteiger partial charge in [0.25, 0.3) is 5.56 Å². The van der Waals surface area contributed by atoms with Crippen LogP contribution in [0.4, 0.5) is 0 Å². The van der Waals surface area contributed by atoms with Crippen molar-refractivity contribution in [2.24, 2.45) is 7.05 Å². The molecule has 1 aromatic rings. The van der Waals surface area contributed by atoms with Gasteiger partial charge >= 0.3 is 0 Å². The largest absolute Gasteiger partial charge is 0.300 e. The molecule has 0 aliphatic rings. The van der Waals surface area contributed by atoms with Gasteiger partial charge in [-0.3, -0.25) is 9.36 Å². The fraction of sp³-hybridized carbons (Fsp3) is 0.556. The van der Waals surface area contributed by atoms with Gasteiger partial charge in [0.1, 0.15) is 5.82 Å². The van der Waals surface area contributed by atoms with Gasteiger partial charge in [0.05, 0.1) is 0 Å². The van der Waals surface area contributed by atoms with Crippen LogP contribution < -0.4 is 5.56 Å². The number of rotatable bonds is 2. The maximum atomic E-state index is 11.3. The number of aromatic nitrogens is 2. The molecule has 0 unspecified atom stereocenters. The van der Waals surface area contributed by atoms with Crippen LogP contribution >= 0.6 is 0 Å². The number of hydrogen-bond acceptors (Lipinski definition) is 2. The molecular formula is C9H14N2O. The van der Waals surface area contributed by atoms with Crippen molar-refractivity contribution in [3.63, 3.8) is 0 Å². The number of aryl methyl sites for hydroxylation is 2. The third-order valence-corrected chi connectivity index (χ3v) is 1.83. The first-order chi connectivity index (χ1) is 5.65. The summed E-state index contributed by atoms with van der Waals surface area (Å²) >= 11 is 0. The van der Waals surface area contributed by atoms with E-state index in [1.165, 1.54) is 0 Å². The fourth-order valence-electron chi connectivity index (χ4n) is 1.16. The molecule has 3 nitrogen and oxygen atoms in total. The van der Waals surface area contributed by atoms with E-state index >= 15 is 0 Å². The smallest absolute Gasteiger partial charge is 0.253 e. The van der Waals surface area contributed by atoms with Crippen LogP contribution in [0.15, 0.2) is 10.9 Å². The third kappa shape index (κ3) is 1.72. The van der Waals surface area contributed by atoms with Crippen LogP contribution in [0.1, 0.15) is 24.9 Å². The van der Waals surface area contributed by atoms with Crippen LogP contribution in [0.3, 0.4) is 0 Å².